The number of carbonyl (C=O) groups excluding carboxylic acids is 1. The highest BCUT2D eigenvalue weighted by atomic mass is 16.3. The van der Waals surface area contributed by atoms with Gasteiger partial charge >= 0.3 is 0 Å². The first-order valence-electron chi connectivity index (χ1n) is 7.25. The number of hydrogen-bond acceptors (Lipinski definition) is 3. The van der Waals surface area contributed by atoms with Crippen LogP contribution in [0.4, 0.5) is 0 Å². The number of aliphatic hydroxyl groups is 1. The Kier molecular flexibility index (Phi) is 3.80. The first kappa shape index (κ1) is 13.9. The van der Waals surface area contributed by atoms with Crippen LogP contribution in [0.5, 0.6) is 0 Å². The van der Waals surface area contributed by atoms with E-state index in [0.717, 1.165) is 17.5 Å². The van der Waals surface area contributed by atoms with Crippen molar-refractivity contribution in [3.05, 3.63) is 48.4 Å². The lowest BCUT2D eigenvalue weighted by Crippen LogP contribution is -2.45. The van der Waals surface area contributed by atoms with Crippen molar-refractivity contribution in [1.82, 2.24) is 4.90 Å². The molecular formula is C17H19NO3. The van der Waals surface area contributed by atoms with Crippen molar-refractivity contribution in [3.8, 4) is 11.1 Å². The molecule has 0 spiro atoms. The molecule has 4 nitrogen and oxygen atoms in total. The second-order valence-electron chi connectivity index (χ2n) is 5.68. The molecule has 2 atom stereocenters. The molecule has 21 heavy (non-hydrogen) atoms. The Hall–Kier alpha value is -2.07. The van der Waals surface area contributed by atoms with Gasteiger partial charge in [-0.25, -0.2) is 0 Å². The zero-order chi connectivity index (χ0) is 14.8. The molecule has 1 amide bonds. The van der Waals surface area contributed by atoms with E-state index in [9.17, 15) is 9.90 Å². The minimum absolute atomic E-state index is 0.0219. The fourth-order valence-electron chi connectivity index (χ4n) is 2.68. The van der Waals surface area contributed by atoms with Gasteiger partial charge in [-0.3, -0.25) is 4.79 Å². The molecule has 1 N–H and O–H groups in total. The third-order valence-corrected chi connectivity index (χ3v) is 4.17. The zero-order valence-corrected chi connectivity index (χ0v) is 12.0. The van der Waals surface area contributed by atoms with Gasteiger partial charge < -0.3 is 14.4 Å². The average Bonchev–Trinajstić information content (AvgIpc) is 3.04. The predicted molar refractivity (Wildman–Crippen MR) is 79.8 cm³/mol. The van der Waals surface area contributed by atoms with Crippen LogP contribution < -0.4 is 0 Å². The van der Waals surface area contributed by atoms with Crippen LogP contribution in [0.25, 0.3) is 11.1 Å². The zero-order valence-electron chi connectivity index (χ0n) is 12.0. The average molecular weight is 285 g/mol. The van der Waals surface area contributed by atoms with E-state index in [1.165, 1.54) is 0 Å². The van der Waals surface area contributed by atoms with Gasteiger partial charge in [0.25, 0.3) is 5.91 Å². The molecule has 1 aromatic carbocycles. The number of aliphatic hydroxyl groups excluding tert-OH is 1. The summed E-state index contributed by atoms with van der Waals surface area (Å²) in [5, 5.41) is 9.94. The quantitative estimate of drug-likeness (QED) is 0.923. The fourth-order valence-corrected chi connectivity index (χ4v) is 2.68. The van der Waals surface area contributed by atoms with Crippen molar-refractivity contribution in [3.63, 3.8) is 0 Å². The molecule has 1 aromatic heterocycles. The van der Waals surface area contributed by atoms with Crippen LogP contribution in [0.2, 0.25) is 0 Å². The molecule has 1 aliphatic heterocycles. The number of furan rings is 1. The van der Waals surface area contributed by atoms with Gasteiger partial charge in [-0.15, -0.1) is 0 Å². The van der Waals surface area contributed by atoms with Gasteiger partial charge in [0, 0.05) is 24.2 Å². The minimum Gasteiger partial charge on any atom is -0.472 e. The van der Waals surface area contributed by atoms with Crippen LogP contribution in [0.1, 0.15) is 23.7 Å². The van der Waals surface area contributed by atoms with Crippen molar-refractivity contribution in [2.45, 2.75) is 19.4 Å². The number of nitrogens with zero attached hydrogens (tertiary/aromatic N) is 1. The van der Waals surface area contributed by atoms with E-state index in [0.29, 0.717) is 18.7 Å². The summed E-state index contributed by atoms with van der Waals surface area (Å²) in [5.41, 5.74) is 2.56. The summed E-state index contributed by atoms with van der Waals surface area (Å²) in [6.07, 6.45) is 3.69. The van der Waals surface area contributed by atoms with E-state index >= 15 is 0 Å². The van der Waals surface area contributed by atoms with Gasteiger partial charge in [-0.1, -0.05) is 19.1 Å². The number of benzene rings is 1. The van der Waals surface area contributed by atoms with Crippen LogP contribution in [-0.2, 0) is 0 Å². The number of carbonyl (C=O) groups is 1. The summed E-state index contributed by atoms with van der Waals surface area (Å²) in [5.74, 6) is 0.234. The summed E-state index contributed by atoms with van der Waals surface area (Å²) >= 11 is 0. The highest BCUT2D eigenvalue weighted by Crippen LogP contribution is 2.23. The van der Waals surface area contributed by atoms with Crippen molar-refractivity contribution in [2.24, 2.45) is 5.92 Å². The molecule has 0 saturated carbocycles. The Morgan fingerprint density at radius 2 is 2.19 bits per heavy atom. The van der Waals surface area contributed by atoms with Gasteiger partial charge in [-0.2, -0.15) is 0 Å². The number of piperidine rings is 1. The first-order valence-corrected chi connectivity index (χ1v) is 7.25. The summed E-state index contributed by atoms with van der Waals surface area (Å²) in [7, 11) is 0. The molecule has 1 saturated heterocycles. The standard InChI is InChI=1S/C17H19NO3/c1-12-5-7-18(10-16(12)19)17(20)14-4-2-3-13(9-14)15-6-8-21-11-15/h2-4,6,8-9,11-12,16,19H,5,7,10H2,1H3. The van der Waals surface area contributed by atoms with E-state index in [2.05, 4.69) is 0 Å². The molecular weight excluding hydrogens is 266 g/mol. The molecule has 1 aliphatic rings. The molecule has 4 heteroatoms. The maximum absolute atomic E-state index is 12.6. The fraction of sp³-hybridized carbons (Fsp3) is 0.353. The molecule has 0 radical (unpaired) electrons. The van der Waals surface area contributed by atoms with Crippen LogP contribution in [-0.4, -0.2) is 35.1 Å². The molecule has 1 fully saturated rings. The molecule has 2 aromatic rings. The highest BCUT2D eigenvalue weighted by Gasteiger charge is 2.27. The predicted octanol–water partition coefficient (Wildman–Crippen LogP) is 2.79. The van der Waals surface area contributed by atoms with Gasteiger partial charge in [0.15, 0.2) is 0 Å². The number of amides is 1. The first-order chi connectivity index (χ1) is 10.1. The van der Waals surface area contributed by atoms with Crippen LogP contribution in [0.15, 0.2) is 47.3 Å². The monoisotopic (exact) mass is 285 g/mol. The lowest BCUT2D eigenvalue weighted by atomic mass is 9.95. The smallest absolute Gasteiger partial charge is 0.253 e. The number of β-amino-alcohol motifs (C(OH)–C–C–N with tert-alkyl or cyclic N) is 1. The third kappa shape index (κ3) is 2.85. The Bertz CT molecular complexity index is 621. The van der Waals surface area contributed by atoms with E-state index in [-0.39, 0.29) is 11.8 Å². The molecule has 110 valence electrons. The van der Waals surface area contributed by atoms with Crippen LogP contribution in [0, 0.1) is 5.92 Å². The number of hydrogen-bond donors (Lipinski definition) is 1. The van der Waals surface area contributed by atoms with Crippen molar-refractivity contribution in [2.75, 3.05) is 13.1 Å². The SMILES string of the molecule is CC1CCN(C(=O)c2cccc(-c3ccoc3)c2)CC1O. The summed E-state index contributed by atoms with van der Waals surface area (Å²) in [6, 6.07) is 9.39. The minimum atomic E-state index is -0.431. The summed E-state index contributed by atoms with van der Waals surface area (Å²) in [4.78, 5) is 14.3. The highest BCUT2D eigenvalue weighted by molar-refractivity contribution is 5.95. The number of rotatable bonds is 2. The Morgan fingerprint density at radius 3 is 2.90 bits per heavy atom. The van der Waals surface area contributed by atoms with E-state index in [1.54, 1.807) is 17.4 Å². The lowest BCUT2D eigenvalue weighted by molar-refractivity contribution is 0.0248. The molecule has 2 unspecified atom stereocenters. The van der Waals surface area contributed by atoms with Crippen LogP contribution >= 0.6 is 0 Å². The summed E-state index contributed by atoms with van der Waals surface area (Å²) < 4.78 is 5.08. The topological polar surface area (TPSA) is 53.7 Å². The second-order valence-corrected chi connectivity index (χ2v) is 5.68. The van der Waals surface area contributed by atoms with Gasteiger partial charge in [0.1, 0.15) is 0 Å². The van der Waals surface area contributed by atoms with E-state index < -0.39 is 6.10 Å². The van der Waals surface area contributed by atoms with Crippen molar-refractivity contribution < 1.29 is 14.3 Å². The largest absolute Gasteiger partial charge is 0.472 e. The third-order valence-electron chi connectivity index (χ3n) is 4.17. The van der Waals surface area contributed by atoms with E-state index in [1.807, 2.05) is 37.3 Å². The van der Waals surface area contributed by atoms with Gasteiger partial charge in [-0.05, 0) is 36.1 Å². The van der Waals surface area contributed by atoms with Crippen molar-refractivity contribution >= 4 is 5.91 Å². The maximum Gasteiger partial charge on any atom is 0.253 e. The molecule has 3 rings (SSSR count). The van der Waals surface area contributed by atoms with Gasteiger partial charge in [0.05, 0.1) is 18.6 Å². The Morgan fingerprint density at radius 1 is 1.33 bits per heavy atom. The van der Waals surface area contributed by atoms with Crippen molar-refractivity contribution in [1.29, 1.82) is 0 Å². The molecule has 2 heterocycles. The maximum atomic E-state index is 12.6. The normalized spacial score (nSPS) is 22.3. The lowest BCUT2D eigenvalue weighted by Gasteiger charge is -2.34. The van der Waals surface area contributed by atoms with E-state index in [4.69, 9.17) is 4.42 Å². The second kappa shape index (κ2) is 5.74. The van der Waals surface area contributed by atoms with Gasteiger partial charge in [0.2, 0.25) is 0 Å². The van der Waals surface area contributed by atoms with Crippen LogP contribution in [0.3, 0.4) is 0 Å². The summed E-state index contributed by atoms with van der Waals surface area (Å²) in [6.45, 7) is 3.13. The Balaban J connectivity index is 1.80. The number of likely N-dealkylation sites (tertiary alicyclic amines) is 1. The molecule has 0 bridgehead atoms. The molecule has 0 aliphatic carbocycles. The Labute approximate surface area is 124 Å².